The Morgan fingerprint density at radius 2 is 2.22 bits per heavy atom. The van der Waals surface area contributed by atoms with E-state index < -0.39 is 5.41 Å². The zero-order valence-electron chi connectivity index (χ0n) is 5.55. The fourth-order valence-electron chi connectivity index (χ4n) is 0.226. The van der Waals surface area contributed by atoms with Crippen molar-refractivity contribution in [1.82, 2.24) is 0 Å². The summed E-state index contributed by atoms with van der Waals surface area (Å²) in [4.78, 5) is 0. The molecule has 3 nitrogen and oxygen atoms in total. The molecule has 0 spiro atoms. The van der Waals surface area contributed by atoms with Crippen LogP contribution in [0.15, 0.2) is 12.0 Å². The van der Waals surface area contributed by atoms with Crippen molar-refractivity contribution in [2.75, 3.05) is 0 Å². The number of allylic oxidation sites excluding steroid dienone is 1. The van der Waals surface area contributed by atoms with E-state index in [1.54, 1.807) is 13.8 Å². The lowest BCUT2D eigenvalue weighted by atomic mass is 9.92. The normalized spacial score (nSPS) is 12.8. The van der Waals surface area contributed by atoms with E-state index in [1.807, 2.05) is 6.07 Å². The lowest BCUT2D eigenvalue weighted by Gasteiger charge is -2.13. The molecular formula is C6H10N2O. The van der Waals surface area contributed by atoms with Crippen LogP contribution >= 0.6 is 0 Å². The summed E-state index contributed by atoms with van der Waals surface area (Å²) in [5, 5.41) is 16.8. The smallest absolute Gasteiger partial charge is 0.0995 e. The van der Waals surface area contributed by atoms with Crippen LogP contribution in [0.5, 0.6) is 0 Å². The highest BCUT2D eigenvalue weighted by Gasteiger charge is 2.19. The van der Waals surface area contributed by atoms with Crippen molar-refractivity contribution in [2.45, 2.75) is 13.8 Å². The van der Waals surface area contributed by atoms with Crippen LogP contribution in [0.25, 0.3) is 0 Å². The second-order valence-electron chi connectivity index (χ2n) is 2.32. The van der Waals surface area contributed by atoms with Gasteiger partial charge in [-0.2, -0.15) is 5.26 Å². The second-order valence-corrected chi connectivity index (χ2v) is 2.32. The molecule has 0 bridgehead atoms. The van der Waals surface area contributed by atoms with E-state index in [1.165, 1.54) is 0 Å². The van der Waals surface area contributed by atoms with Gasteiger partial charge < -0.3 is 10.8 Å². The summed E-state index contributed by atoms with van der Waals surface area (Å²) in [6.07, 6.45) is 0.753. The van der Waals surface area contributed by atoms with Gasteiger partial charge in [0.1, 0.15) is 0 Å². The maximum Gasteiger partial charge on any atom is 0.0995 e. The molecule has 0 aliphatic rings. The second kappa shape index (κ2) is 2.40. The van der Waals surface area contributed by atoms with Crippen molar-refractivity contribution < 1.29 is 5.11 Å². The molecule has 0 heterocycles. The molecule has 3 N–H and O–H groups in total. The highest BCUT2D eigenvalue weighted by atomic mass is 16.2. The fourth-order valence-corrected chi connectivity index (χ4v) is 0.226. The number of nitriles is 1. The summed E-state index contributed by atoms with van der Waals surface area (Å²) in [6, 6.07) is 1.94. The minimum absolute atomic E-state index is 0.185. The summed E-state index contributed by atoms with van der Waals surface area (Å²) in [5.41, 5.74) is 4.68. The molecule has 0 radical (unpaired) electrons. The summed E-state index contributed by atoms with van der Waals surface area (Å²) in [5.74, 6) is 0. The quantitative estimate of drug-likeness (QED) is 0.512. The van der Waals surface area contributed by atoms with Crippen molar-refractivity contribution in [1.29, 1.82) is 5.26 Å². The van der Waals surface area contributed by atoms with Gasteiger partial charge in [0, 0.05) is 0 Å². The molecule has 0 aliphatic carbocycles. The predicted molar refractivity (Wildman–Crippen MR) is 34.3 cm³/mol. The van der Waals surface area contributed by atoms with Crippen LogP contribution in [-0.2, 0) is 0 Å². The van der Waals surface area contributed by atoms with Crippen LogP contribution in [-0.4, -0.2) is 5.11 Å². The van der Waals surface area contributed by atoms with Crippen LogP contribution in [0.1, 0.15) is 13.8 Å². The molecule has 0 saturated carbocycles. The van der Waals surface area contributed by atoms with Gasteiger partial charge in [-0.05, 0) is 13.8 Å². The van der Waals surface area contributed by atoms with E-state index in [2.05, 4.69) is 0 Å². The number of rotatable bonds is 1. The maximum atomic E-state index is 8.41. The third-order valence-corrected chi connectivity index (χ3v) is 1.14. The monoisotopic (exact) mass is 126 g/mol. The van der Waals surface area contributed by atoms with Crippen molar-refractivity contribution >= 4 is 0 Å². The highest BCUT2D eigenvalue weighted by molar-refractivity contribution is 5.14. The molecule has 0 atom stereocenters. The summed E-state index contributed by atoms with van der Waals surface area (Å²) < 4.78 is 0. The van der Waals surface area contributed by atoms with Crippen LogP contribution in [0.4, 0.5) is 0 Å². The molecule has 0 amide bonds. The van der Waals surface area contributed by atoms with Crippen molar-refractivity contribution in [3.63, 3.8) is 0 Å². The van der Waals surface area contributed by atoms with E-state index in [4.69, 9.17) is 16.1 Å². The van der Waals surface area contributed by atoms with Gasteiger partial charge in [0.05, 0.1) is 23.4 Å². The Morgan fingerprint density at radius 3 is 2.33 bits per heavy atom. The molecule has 3 heteroatoms. The van der Waals surface area contributed by atoms with Crippen molar-refractivity contribution in [2.24, 2.45) is 11.1 Å². The third kappa shape index (κ3) is 1.65. The van der Waals surface area contributed by atoms with Gasteiger partial charge in [-0.1, -0.05) is 0 Å². The molecule has 0 aliphatic heterocycles. The molecule has 0 rings (SSSR count). The van der Waals surface area contributed by atoms with Crippen LogP contribution in [0.2, 0.25) is 0 Å². The average Bonchev–Trinajstić information content (AvgIpc) is 1.86. The molecule has 0 aromatic rings. The lowest BCUT2D eigenvalue weighted by molar-refractivity contribution is 0.442. The Balaban J connectivity index is 4.39. The van der Waals surface area contributed by atoms with Gasteiger partial charge in [0.15, 0.2) is 0 Å². The van der Waals surface area contributed by atoms with E-state index >= 15 is 0 Å². The van der Waals surface area contributed by atoms with Crippen LogP contribution < -0.4 is 5.73 Å². The van der Waals surface area contributed by atoms with E-state index in [0.717, 1.165) is 6.26 Å². The summed E-state index contributed by atoms with van der Waals surface area (Å²) >= 11 is 0. The number of hydrogen-bond acceptors (Lipinski definition) is 3. The van der Waals surface area contributed by atoms with Gasteiger partial charge in [-0.3, -0.25) is 0 Å². The molecule has 0 unspecified atom stereocenters. The van der Waals surface area contributed by atoms with Gasteiger partial charge in [0.2, 0.25) is 0 Å². The minimum Gasteiger partial charge on any atom is -0.514 e. The van der Waals surface area contributed by atoms with E-state index in [-0.39, 0.29) is 5.70 Å². The van der Waals surface area contributed by atoms with Crippen molar-refractivity contribution in [3.8, 4) is 6.07 Å². The Bertz CT molecular complexity index is 164. The molecule has 0 saturated heterocycles. The lowest BCUT2D eigenvalue weighted by Crippen LogP contribution is -2.18. The van der Waals surface area contributed by atoms with Crippen molar-refractivity contribution in [3.05, 3.63) is 12.0 Å². The SMILES string of the molecule is CC(C)(C#N)/C(N)=C/O. The molecule has 0 aromatic carbocycles. The largest absolute Gasteiger partial charge is 0.514 e. The first-order valence-electron chi connectivity index (χ1n) is 2.56. The number of nitrogens with two attached hydrogens (primary N) is 1. The van der Waals surface area contributed by atoms with Crippen LogP contribution in [0.3, 0.4) is 0 Å². The van der Waals surface area contributed by atoms with Gasteiger partial charge in [-0.15, -0.1) is 0 Å². The van der Waals surface area contributed by atoms with E-state index in [9.17, 15) is 0 Å². The van der Waals surface area contributed by atoms with Gasteiger partial charge in [0.25, 0.3) is 0 Å². The molecular weight excluding hydrogens is 116 g/mol. The maximum absolute atomic E-state index is 8.41. The molecule has 50 valence electrons. The zero-order chi connectivity index (χ0) is 7.49. The summed E-state index contributed by atoms with van der Waals surface area (Å²) in [6.45, 7) is 3.27. The predicted octanol–water partition coefficient (Wildman–Crippen LogP) is 0.894. The average molecular weight is 126 g/mol. The minimum atomic E-state index is -0.755. The van der Waals surface area contributed by atoms with Crippen LogP contribution in [0, 0.1) is 16.7 Å². The number of nitrogens with zero attached hydrogens (tertiary/aromatic N) is 1. The highest BCUT2D eigenvalue weighted by Crippen LogP contribution is 2.19. The topological polar surface area (TPSA) is 70.0 Å². The Labute approximate surface area is 54.4 Å². The Kier molecular flexibility index (Phi) is 2.09. The fraction of sp³-hybridized carbons (Fsp3) is 0.500. The summed E-state index contributed by atoms with van der Waals surface area (Å²) in [7, 11) is 0. The standard InChI is InChI=1S/C6H10N2O/c1-6(2,4-7)5(8)3-9/h3,9H,8H2,1-2H3/b5-3-. The molecule has 0 aromatic heterocycles. The Morgan fingerprint density at radius 1 is 1.78 bits per heavy atom. The first-order chi connectivity index (χ1) is 4.04. The molecule has 9 heavy (non-hydrogen) atoms. The molecule has 0 fully saturated rings. The zero-order valence-corrected chi connectivity index (χ0v) is 5.55. The first kappa shape index (κ1) is 7.83. The number of aliphatic hydroxyl groups is 1. The first-order valence-corrected chi connectivity index (χ1v) is 2.56. The van der Waals surface area contributed by atoms with E-state index in [0.29, 0.717) is 0 Å². The number of aliphatic hydroxyl groups excluding tert-OH is 1. The van der Waals surface area contributed by atoms with Gasteiger partial charge in [-0.25, -0.2) is 0 Å². The third-order valence-electron chi connectivity index (χ3n) is 1.14. The number of hydrogen-bond donors (Lipinski definition) is 2. The Hall–Kier alpha value is -1.17. The van der Waals surface area contributed by atoms with Gasteiger partial charge >= 0.3 is 0 Å².